The highest BCUT2D eigenvalue weighted by atomic mass is 16.7. The van der Waals surface area contributed by atoms with Gasteiger partial charge < -0.3 is 40.5 Å². The minimum Gasteiger partial charge on any atom is -0.358 e. The molecule has 0 unspecified atom stereocenters. The van der Waals surface area contributed by atoms with Crippen molar-refractivity contribution < 1.29 is 29.5 Å². The number of fused-ring (bicyclic) bond motifs is 6. The van der Waals surface area contributed by atoms with Crippen LogP contribution in [0.15, 0.2) is 12.1 Å². The third-order valence-electron chi connectivity index (χ3n) is 4.65. The van der Waals surface area contributed by atoms with Crippen molar-refractivity contribution in [3.8, 4) is 0 Å². The maximum atomic E-state index is 11.4. The van der Waals surface area contributed by atoms with Crippen LogP contribution in [0.25, 0.3) is 32.8 Å². The first-order valence-corrected chi connectivity index (χ1v) is 8.73. The van der Waals surface area contributed by atoms with Crippen molar-refractivity contribution in [1.82, 2.24) is 19.9 Å². The largest absolute Gasteiger partial charge is 0.463 e. The second kappa shape index (κ2) is 7.68. The van der Waals surface area contributed by atoms with Crippen molar-refractivity contribution in [2.75, 3.05) is 0 Å². The third-order valence-corrected chi connectivity index (χ3v) is 4.65. The van der Waals surface area contributed by atoms with Crippen molar-refractivity contribution in [3.05, 3.63) is 72.8 Å². The summed E-state index contributed by atoms with van der Waals surface area (Å²) in [6.07, 6.45) is 0. The summed E-state index contributed by atoms with van der Waals surface area (Å²) in [5.41, 5.74) is -5.38. The molecule has 0 amide bonds. The van der Waals surface area contributed by atoms with Crippen LogP contribution < -0.4 is 0 Å². The quantitative estimate of drug-likeness (QED) is 0.207. The van der Waals surface area contributed by atoms with Crippen LogP contribution in [0.4, 0.5) is 34.6 Å². The molecule has 0 aliphatic heterocycles. The van der Waals surface area contributed by atoms with Gasteiger partial charge in [0.25, 0.3) is 11.0 Å². The van der Waals surface area contributed by atoms with Crippen LogP contribution in [0, 0.1) is 60.7 Å². The summed E-state index contributed by atoms with van der Waals surface area (Å²) in [5, 5.41) is 67.2. The fourth-order valence-electron chi connectivity index (χ4n) is 3.29. The van der Waals surface area contributed by atoms with Gasteiger partial charge in [-0.2, -0.15) is 0 Å². The molecule has 4 aromatic rings. The predicted molar refractivity (Wildman–Crippen MR) is 110 cm³/mol. The second-order valence-corrected chi connectivity index (χ2v) is 6.57. The van der Waals surface area contributed by atoms with Crippen molar-refractivity contribution in [2.24, 2.45) is 0 Å². The van der Waals surface area contributed by atoms with E-state index in [1.807, 2.05) is 0 Å². The Bertz CT molecular complexity index is 1410. The molecule has 180 valence electrons. The molecular formula is C14H2N10O12. The van der Waals surface area contributed by atoms with Gasteiger partial charge in [-0.3, -0.25) is 20.2 Å². The lowest BCUT2D eigenvalue weighted by atomic mass is 10.0. The number of hydrogen-bond acceptors (Lipinski definition) is 16. The van der Waals surface area contributed by atoms with E-state index in [0.717, 1.165) is 0 Å². The third kappa shape index (κ3) is 3.29. The van der Waals surface area contributed by atoms with Crippen molar-refractivity contribution >= 4 is 67.5 Å². The normalized spacial score (nSPS) is 11.0. The average molecular weight is 502 g/mol. The number of pyridine rings is 2. The molecule has 0 atom stereocenters. The van der Waals surface area contributed by atoms with E-state index in [1.165, 1.54) is 0 Å². The molecule has 0 radical (unpaired) electrons. The topological polar surface area (TPSA) is 310 Å². The zero-order valence-corrected chi connectivity index (χ0v) is 16.5. The molecule has 0 saturated carbocycles. The minimum absolute atomic E-state index is 0.516. The van der Waals surface area contributed by atoms with E-state index in [2.05, 4.69) is 19.9 Å². The maximum absolute atomic E-state index is 11.4. The molecule has 0 aliphatic carbocycles. The Morgan fingerprint density at radius 2 is 0.694 bits per heavy atom. The van der Waals surface area contributed by atoms with Crippen LogP contribution in [-0.4, -0.2) is 49.5 Å². The summed E-state index contributed by atoms with van der Waals surface area (Å²) >= 11 is 0. The highest BCUT2D eigenvalue weighted by Crippen LogP contribution is 2.41. The molecule has 0 saturated heterocycles. The van der Waals surface area contributed by atoms with E-state index in [-0.39, 0.29) is 0 Å². The predicted octanol–water partition coefficient (Wildman–Crippen LogP) is 2.18. The molecule has 22 heteroatoms. The van der Waals surface area contributed by atoms with Gasteiger partial charge in [0, 0.05) is 22.9 Å². The highest BCUT2D eigenvalue weighted by molar-refractivity contribution is 6.22. The Balaban J connectivity index is 2.42. The van der Waals surface area contributed by atoms with Crippen LogP contribution in [0.2, 0.25) is 0 Å². The molecule has 0 spiro atoms. The van der Waals surface area contributed by atoms with Crippen LogP contribution in [-0.2, 0) is 0 Å². The fraction of sp³-hybridized carbons (Fsp3) is 0. The van der Waals surface area contributed by atoms with Gasteiger partial charge in [-0.1, -0.05) is 0 Å². The zero-order chi connectivity index (χ0) is 26.6. The molecule has 22 nitrogen and oxygen atoms in total. The van der Waals surface area contributed by atoms with Gasteiger partial charge in [0.05, 0.1) is 9.85 Å². The molecular weight excluding hydrogens is 500 g/mol. The summed E-state index contributed by atoms with van der Waals surface area (Å²) in [5.74, 6) is -5.62. The van der Waals surface area contributed by atoms with Crippen LogP contribution in [0.1, 0.15) is 0 Å². The van der Waals surface area contributed by atoms with Crippen LogP contribution >= 0.6 is 0 Å². The lowest BCUT2D eigenvalue weighted by Crippen LogP contribution is -2.06. The van der Waals surface area contributed by atoms with Crippen molar-refractivity contribution in [1.29, 1.82) is 0 Å². The molecule has 3 heterocycles. The summed E-state index contributed by atoms with van der Waals surface area (Å²) in [6, 6.07) is 1.07. The number of nitrogens with zero attached hydrogens (tertiary/aromatic N) is 10. The van der Waals surface area contributed by atoms with Gasteiger partial charge in [-0.05, 0) is 39.6 Å². The summed E-state index contributed by atoms with van der Waals surface area (Å²) in [4.78, 5) is 74.7. The Labute approximate surface area is 190 Å². The fourth-order valence-corrected chi connectivity index (χ4v) is 3.29. The zero-order valence-electron chi connectivity index (χ0n) is 16.5. The van der Waals surface area contributed by atoms with E-state index in [1.54, 1.807) is 0 Å². The summed E-state index contributed by atoms with van der Waals surface area (Å²) in [7, 11) is 0. The Hall–Kier alpha value is -6.22. The van der Waals surface area contributed by atoms with E-state index < -0.39 is 97.0 Å². The van der Waals surface area contributed by atoms with E-state index in [4.69, 9.17) is 0 Å². The second-order valence-electron chi connectivity index (χ2n) is 6.57. The van der Waals surface area contributed by atoms with Crippen molar-refractivity contribution in [2.45, 2.75) is 0 Å². The van der Waals surface area contributed by atoms with Crippen LogP contribution in [0.5, 0.6) is 0 Å². The summed E-state index contributed by atoms with van der Waals surface area (Å²) in [6.45, 7) is 0. The smallest absolute Gasteiger partial charge is 0.358 e. The van der Waals surface area contributed by atoms with E-state index in [9.17, 15) is 60.7 Å². The number of benzene rings is 1. The number of aromatic nitrogens is 4. The van der Waals surface area contributed by atoms with E-state index in [0.29, 0.717) is 12.1 Å². The van der Waals surface area contributed by atoms with Gasteiger partial charge in [0.15, 0.2) is 0 Å². The van der Waals surface area contributed by atoms with Crippen molar-refractivity contribution in [3.63, 3.8) is 0 Å². The molecule has 1 aromatic carbocycles. The minimum atomic E-state index is -1.45. The Morgan fingerprint density at radius 1 is 0.417 bits per heavy atom. The lowest BCUT2D eigenvalue weighted by molar-refractivity contribution is -0.428. The molecule has 0 N–H and O–H groups in total. The standard InChI is InChI=1S/C14H2N10O12/c25-19(26)5-1-3-4-2-6(20(27)28)12(22(31)32)16-8(4)10-9(7(3)15-11(5)21(29)30)17-13(23(33)34)14(18-10)24(35)36/h1-2H. The lowest BCUT2D eigenvalue weighted by Gasteiger charge is -2.03. The number of hydrogen-bond donors (Lipinski definition) is 0. The highest BCUT2D eigenvalue weighted by Gasteiger charge is 2.40. The molecule has 0 fully saturated rings. The van der Waals surface area contributed by atoms with Gasteiger partial charge in [-0.15, -0.1) is 0 Å². The molecule has 36 heavy (non-hydrogen) atoms. The van der Waals surface area contributed by atoms with Gasteiger partial charge >= 0.3 is 34.6 Å². The first-order chi connectivity index (χ1) is 16.8. The van der Waals surface area contributed by atoms with Gasteiger partial charge in [0.2, 0.25) is 11.0 Å². The van der Waals surface area contributed by atoms with Gasteiger partial charge in [-0.25, -0.2) is 0 Å². The monoisotopic (exact) mass is 502 g/mol. The summed E-state index contributed by atoms with van der Waals surface area (Å²) < 4.78 is 0. The maximum Gasteiger partial charge on any atom is 0.463 e. The van der Waals surface area contributed by atoms with Crippen LogP contribution in [0.3, 0.4) is 0 Å². The first kappa shape index (κ1) is 23.0. The van der Waals surface area contributed by atoms with E-state index >= 15 is 0 Å². The SMILES string of the molecule is O=[N+]([O-])c1cc2c3cc([N+](=O)[O-])c([N+](=O)[O-])nc3c3nc([N+](=O)[O-])c([N+](=O)[O-])nc3c2nc1[N+](=O)[O-]. The molecule has 0 bridgehead atoms. The van der Waals surface area contributed by atoms with Gasteiger partial charge in [0.1, 0.15) is 0 Å². The Kier molecular flexibility index (Phi) is 4.90. The Morgan fingerprint density at radius 3 is 0.944 bits per heavy atom. The molecule has 0 aliphatic rings. The number of rotatable bonds is 6. The molecule has 4 rings (SSSR count). The average Bonchev–Trinajstić information content (AvgIpc) is 2.81. The number of nitro groups is 6. The first-order valence-electron chi connectivity index (χ1n) is 8.73. The molecule has 3 aromatic heterocycles.